The van der Waals surface area contributed by atoms with Gasteiger partial charge >= 0.3 is 0 Å². The van der Waals surface area contributed by atoms with Crippen molar-refractivity contribution >= 4 is 34.6 Å². The number of hydrogen-bond acceptors (Lipinski definition) is 6. The number of rotatable bonds is 4. The summed E-state index contributed by atoms with van der Waals surface area (Å²) in [5, 5.41) is 21.4. The van der Waals surface area contributed by atoms with E-state index in [4.69, 9.17) is 11.6 Å². The molecule has 2 N–H and O–H groups in total. The molecule has 4 rings (SSSR count). The van der Waals surface area contributed by atoms with Crippen molar-refractivity contribution in [2.75, 3.05) is 0 Å². The van der Waals surface area contributed by atoms with Crippen molar-refractivity contribution in [2.45, 2.75) is 51.6 Å². The minimum atomic E-state index is -0.752. The van der Waals surface area contributed by atoms with E-state index in [0.717, 1.165) is 30.7 Å². The SMILES string of the molecule is Cc1nc(C)c(C(=O)C2=C(O)C(=O)N(C3CCCC3)C2c2ccc(O)c(Cl)c2)s1. The average molecular weight is 433 g/mol. The van der Waals surface area contributed by atoms with Crippen LogP contribution in [-0.2, 0) is 4.79 Å². The zero-order chi connectivity index (χ0) is 20.9. The maximum atomic E-state index is 13.4. The van der Waals surface area contributed by atoms with Crippen molar-refractivity contribution < 1.29 is 19.8 Å². The van der Waals surface area contributed by atoms with Crippen molar-refractivity contribution in [3.8, 4) is 5.75 Å². The maximum Gasteiger partial charge on any atom is 0.290 e. The van der Waals surface area contributed by atoms with Gasteiger partial charge in [0.2, 0.25) is 5.78 Å². The Kier molecular flexibility index (Phi) is 5.12. The van der Waals surface area contributed by atoms with Crippen LogP contribution in [0.2, 0.25) is 5.02 Å². The number of benzene rings is 1. The number of thiazole rings is 1. The molecule has 1 unspecified atom stereocenters. The van der Waals surface area contributed by atoms with Crippen LogP contribution in [0.5, 0.6) is 5.75 Å². The molecule has 0 saturated heterocycles. The zero-order valence-corrected chi connectivity index (χ0v) is 17.7. The van der Waals surface area contributed by atoms with Gasteiger partial charge in [-0.05, 0) is 44.4 Å². The fourth-order valence-electron chi connectivity index (χ4n) is 4.30. The van der Waals surface area contributed by atoms with Gasteiger partial charge in [-0.3, -0.25) is 9.59 Å². The first kappa shape index (κ1) is 19.9. The standard InChI is InChI=1S/C21H21ClN2O4S/c1-10-20(29-11(2)23-10)18(26)16-17(12-7-8-15(25)14(22)9-12)24(21(28)19(16)27)13-5-3-4-6-13/h7-9,13,17,25,27H,3-6H2,1-2H3. The molecule has 0 radical (unpaired) electrons. The van der Waals surface area contributed by atoms with E-state index in [0.29, 0.717) is 16.1 Å². The number of Topliss-reactive ketones (excluding diaryl/α,β-unsaturated/α-hetero) is 1. The van der Waals surface area contributed by atoms with Crippen LogP contribution < -0.4 is 0 Å². The maximum absolute atomic E-state index is 13.4. The van der Waals surface area contributed by atoms with Crippen LogP contribution in [0, 0.1) is 13.8 Å². The second kappa shape index (κ2) is 7.46. The van der Waals surface area contributed by atoms with E-state index in [2.05, 4.69) is 4.98 Å². The number of aromatic hydroxyl groups is 1. The number of carbonyl (C=O) groups is 2. The highest BCUT2D eigenvalue weighted by atomic mass is 35.5. The number of ketones is 1. The number of aryl methyl sites for hydroxylation is 2. The minimum Gasteiger partial charge on any atom is -0.506 e. The summed E-state index contributed by atoms with van der Waals surface area (Å²) < 4.78 is 0. The highest BCUT2D eigenvalue weighted by Gasteiger charge is 2.47. The van der Waals surface area contributed by atoms with E-state index in [-0.39, 0.29) is 22.4 Å². The number of aliphatic hydroxyl groups is 1. The van der Waals surface area contributed by atoms with Crippen LogP contribution in [0.25, 0.3) is 0 Å². The molecule has 1 saturated carbocycles. The fraction of sp³-hybridized carbons (Fsp3) is 0.381. The van der Waals surface area contributed by atoms with E-state index in [1.807, 2.05) is 6.92 Å². The molecular weight excluding hydrogens is 412 g/mol. The molecule has 2 aliphatic rings. The summed E-state index contributed by atoms with van der Waals surface area (Å²) in [4.78, 5) is 32.8. The van der Waals surface area contributed by atoms with E-state index in [1.54, 1.807) is 24.0 Å². The van der Waals surface area contributed by atoms with Crippen molar-refractivity contribution in [3.05, 3.63) is 55.7 Å². The van der Waals surface area contributed by atoms with Crippen molar-refractivity contribution in [1.29, 1.82) is 0 Å². The molecule has 1 aromatic carbocycles. The number of aromatic nitrogens is 1. The number of nitrogens with zero attached hydrogens (tertiary/aromatic N) is 2. The first-order valence-electron chi connectivity index (χ1n) is 9.52. The van der Waals surface area contributed by atoms with Crippen LogP contribution in [0.15, 0.2) is 29.5 Å². The Bertz CT molecular complexity index is 1040. The number of aliphatic hydroxyl groups excluding tert-OH is 1. The third kappa shape index (κ3) is 3.32. The number of phenols is 1. The van der Waals surface area contributed by atoms with Crippen LogP contribution >= 0.6 is 22.9 Å². The van der Waals surface area contributed by atoms with Crippen molar-refractivity contribution in [2.24, 2.45) is 0 Å². The van der Waals surface area contributed by atoms with E-state index in [1.165, 1.54) is 17.4 Å². The quantitative estimate of drug-likeness (QED) is 0.687. The molecule has 1 aromatic heterocycles. The Labute approximate surface area is 177 Å². The third-order valence-corrected chi connectivity index (χ3v) is 6.98. The molecule has 0 spiro atoms. The predicted octanol–water partition coefficient (Wildman–Crippen LogP) is 4.64. The van der Waals surface area contributed by atoms with Gasteiger partial charge in [0.05, 0.1) is 32.2 Å². The van der Waals surface area contributed by atoms with Crippen LogP contribution in [-0.4, -0.2) is 37.8 Å². The summed E-state index contributed by atoms with van der Waals surface area (Å²) in [6, 6.07) is 3.81. The molecule has 0 bridgehead atoms. The summed E-state index contributed by atoms with van der Waals surface area (Å²) in [7, 11) is 0. The number of hydrogen-bond donors (Lipinski definition) is 2. The lowest BCUT2D eigenvalue weighted by Gasteiger charge is -2.32. The average Bonchev–Trinajstić information content (AvgIpc) is 3.37. The lowest BCUT2D eigenvalue weighted by atomic mass is 9.94. The highest BCUT2D eigenvalue weighted by Crippen LogP contribution is 2.45. The zero-order valence-electron chi connectivity index (χ0n) is 16.1. The van der Waals surface area contributed by atoms with Crippen LogP contribution in [0.1, 0.15) is 57.7 Å². The Morgan fingerprint density at radius 1 is 1.24 bits per heavy atom. The largest absolute Gasteiger partial charge is 0.506 e. The molecule has 8 heteroatoms. The molecule has 152 valence electrons. The van der Waals surface area contributed by atoms with Crippen molar-refractivity contribution in [3.63, 3.8) is 0 Å². The Hall–Kier alpha value is -2.38. The third-order valence-electron chi connectivity index (χ3n) is 5.60. The summed E-state index contributed by atoms with van der Waals surface area (Å²) >= 11 is 7.37. The van der Waals surface area contributed by atoms with E-state index in [9.17, 15) is 19.8 Å². The molecule has 1 atom stereocenters. The molecule has 2 heterocycles. The lowest BCUT2D eigenvalue weighted by Crippen LogP contribution is -2.38. The molecule has 1 amide bonds. The first-order chi connectivity index (χ1) is 13.8. The molecule has 6 nitrogen and oxygen atoms in total. The Morgan fingerprint density at radius 3 is 2.52 bits per heavy atom. The molecule has 1 aliphatic carbocycles. The smallest absolute Gasteiger partial charge is 0.290 e. The summed E-state index contributed by atoms with van der Waals surface area (Å²) in [5.74, 6) is -1.52. The van der Waals surface area contributed by atoms with E-state index < -0.39 is 23.5 Å². The predicted molar refractivity (Wildman–Crippen MR) is 111 cm³/mol. The fourth-order valence-corrected chi connectivity index (χ4v) is 5.36. The summed E-state index contributed by atoms with van der Waals surface area (Å²) in [6.07, 6.45) is 3.63. The summed E-state index contributed by atoms with van der Waals surface area (Å²) in [6.45, 7) is 3.55. The van der Waals surface area contributed by atoms with Gasteiger partial charge in [0.1, 0.15) is 5.75 Å². The normalized spacial score (nSPS) is 20.2. The van der Waals surface area contributed by atoms with Gasteiger partial charge in [0.15, 0.2) is 5.76 Å². The number of halogens is 1. The van der Waals surface area contributed by atoms with Gasteiger partial charge in [-0.2, -0.15) is 0 Å². The van der Waals surface area contributed by atoms with Gasteiger partial charge < -0.3 is 15.1 Å². The summed E-state index contributed by atoms with van der Waals surface area (Å²) in [5.41, 5.74) is 1.21. The lowest BCUT2D eigenvalue weighted by molar-refractivity contribution is -0.131. The van der Waals surface area contributed by atoms with E-state index >= 15 is 0 Å². The van der Waals surface area contributed by atoms with Gasteiger partial charge in [-0.15, -0.1) is 11.3 Å². The molecular formula is C21H21ClN2O4S. The monoisotopic (exact) mass is 432 g/mol. The van der Waals surface area contributed by atoms with Gasteiger partial charge in [0, 0.05) is 6.04 Å². The van der Waals surface area contributed by atoms with Gasteiger partial charge in [0.25, 0.3) is 5.91 Å². The topological polar surface area (TPSA) is 90.7 Å². The number of phenolic OH excluding ortho intramolecular Hbond substituents is 1. The minimum absolute atomic E-state index is 0.0513. The highest BCUT2D eigenvalue weighted by molar-refractivity contribution is 7.14. The molecule has 2 aromatic rings. The number of amides is 1. The van der Waals surface area contributed by atoms with Crippen LogP contribution in [0.4, 0.5) is 0 Å². The van der Waals surface area contributed by atoms with Gasteiger partial charge in [-0.1, -0.05) is 30.5 Å². The Balaban J connectivity index is 1.86. The Morgan fingerprint density at radius 2 is 1.93 bits per heavy atom. The van der Waals surface area contributed by atoms with Gasteiger partial charge in [-0.25, -0.2) is 4.98 Å². The second-order valence-electron chi connectivity index (χ2n) is 7.50. The molecule has 1 fully saturated rings. The van der Waals surface area contributed by atoms with Crippen molar-refractivity contribution in [1.82, 2.24) is 9.88 Å². The number of carbonyl (C=O) groups excluding carboxylic acids is 2. The second-order valence-corrected chi connectivity index (χ2v) is 9.11. The molecule has 1 aliphatic heterocycles. The molecule has 29 heavy (non-hydrogen) atoms. The van der Waals surface area contributed by atoms with Crippen LogP contribution in [0.3, 0.4) is 0 Å². The first-order valence-corrected chi connectivity index (χ1v) is 10.7.